The molecule has 0 aliphatic carbocycles. The van der Waals surface area contributed by atoms with E-state index >= 15 is 0 Å². The number of aromatic nitrogens is 3. The SMILES string of the molecule is O=C(Nc1cccc(-c2nnc3n2CCCCC3)c1)c1ccc(S(=O)(=O)NC[C@@H]2CCCO2)cc1. The van der Waals surface area contributed by atoms with E-state index < -0.39 is 10.0 Å². The largest absolute Gasteiger partial charge is 0.377 e. The molecule has 5 rings (SSSR count). The zero-order valence-electron chi connectivity index (χ0n) is 19.4. The van der Waals surface area contributed by atoms with E-state index in [-0.39, 0.29) is 23.5 Å². The summed E-state index contributed by atoms with van der Waals surface area (Å²) in [6.07, 6.45) is 6.05. The molecule has 2 aliphatic heterocycles. The number of aryl methyl sites for hydroxylation is 1. The van der Waals surface area contributed by atoms with Gasteiger partial charge in [-0.3, -0.25) is 4.79 Å². The van der Waals surface area contributed by atoms with Crippen molar-refractivity contribution in [2.24, 2.45) is 0 Å². The van der Waals surface area contributed by atoms with Crippen LogP contribution >= 0.6 is 0 Å². The van der Waals surface area contributed by atoms with Crippen molar-refractivity contribution >= 4 is 21.6 Å². The molecule has 3 aromatic rings. The molecule has 1 atom stereocenters. The molecule has 0 bridgehead atoms. The van der Waals surface area contributed by atoms with Crippen molar-refractivity contribution in [1.29, 1.82) is 0 Å². The lowest BCUT2D eigenvalue weighted by Gasteiger charge is -2.12. The Kier molecular flexibility index (Phi) is 6.94. The van der Waals surface area contributed by atoms with E-state index in [1.54, 1.807) is 0 Å². The molecule has 2 N–H and O–H groups in total. The zero-order valence-corrected chi connectivity index (χ0v) is 20.3. The van der Waals surface area contributed by atoms with Crippen molar-refractivity contribution in [3.63, 3.8) is 0 Å². The summed E-state index contributed by atoms with van der Waals surface area (Å²) in [4.78, 5) is 12.9. The fourth-order valence-electron chi connectivity index (χ4n) is 4.51. The first kappa shape index (κ1) is 23.7. The Morgan fingerprint density at radius 1 is 1.06 bits per heavy atom. The second-order valence-electron chi connectivity index (χ2n) is 8.95. The molecule has 2 aliphatic rings. The lowest BCUT2D eigenvalue weighted by molar-refractivity contribution is 0.102. The number of anilines is 1. The number of rotatable bonds is 7. The highest BCUT2D eigenvalue weighted by Gasteiger charge is 2.21. The maximum absolute atomic E-state index is 12.8. The smallest absolute Gasteiger partial charge is 0.255 e. The van der Waals surface area contributed by atoms with Crippen LogP contribution in [-0.4, -0.2) is 48.3 Å². The lowest BCUT2D eigenvalue weighted by atomic mass is 10.1. The standard InChI is InChI=1S/C25H29N5O4S/c31-25(18-10-12-22(13-11-18)35(32,33)26-17-21-8-5-15-34-21)27-20-7-4-6-19(16-20)24-29-28-23-9-2-1-3-14-30(23)24/h4,6-7,10-13,16,21,26H,1-3,5,8-9,14-15,17H2,(H,27,31)/t21-/m0/s1. The van der Waals surface area contributed by atoms with Crippen molar-refractivity contribution in [3.8, 4) is 11.4 Å². The third-order valence-electron chi connectivity index (χ3n) is 6.44. The quantitative estimate of drug-likeness (QED) is 0.519. The first-order valence-electron chi connectivity index (χ1n) is 12.0. The monoisotopic (exact) mass is 495 g/mol. The number of ether oxygens (including phenoxy) is 1. The van der Waals surface area contributed by atoms with E-state index in [4.69, 9.17) is 4.74 Å². The Bertz CT molecular complexity index is 1300. The van der Waals surface area contributed by atoms with Crippen molar-refractivity contribution in [3.05, 3.63) is 59.9 Å². The fourth-order valence-corrected chi connectivity index (χ4v) is 5.58. The van der Waals surface area contributed by atoms with Gasteiger partial charge >= 0.3 is 0 Å². The minimum Gasteiger partial charge on any atom is -0.377 e. The van der Waals surface area contributed by atoms with E-state index in [1.165, 1.54) is 30.7 Å². The summed E-state index contributed by atoms with van der Waals surface area (Å²) in [6, 6.07) is 13.4. The Labute approximate surface area is 205 Å². The summed E-state index contributed by atoms with van der Waals surface area (Å²) in [5, 5.41) is 11.6. The lowest BCUT2D eigenvalue weighted by Crippen LogP contribution is -2.31. The van der Waals surface area contributed by atoms with E-state index in [0.717, 1.165) is 55.9 Å². The highest BCUT2D eigenvalue weighted by molar-refractivity contribution is 7.89. The van der Waals surface area contributed by atoms with Gasteiger partial charge in [0.2, 0.25) is 10.0 Å². The molecule has 184 valence electrons. The predicted molar refractivity (Wildman–Crippen MR) is 132 cm³/mol. The summed E-state index contributed by atoms with van der Waals surface area (Å²) >= 11 is 0. The summed E-state index contributed by atoms with van der Waals surface area (Å²) in [7, 11) is -3.67. The highest BCUT2D eigenvalue weighted by Crippen LogP contribution is 2.25. The first-order chi connectivity index (χ1) is 17.0. The number of carbonyl (C=O) groups is 1. The van der Waals surface area contributed by atoms with Gasteiger partial charge in [-0.05, 0) is 62.1 Å². The van der Waals surface area contributed by atoms with Crippen molar-refractivity contribution in [2.45, 2.75) is 56.1 Å². The van der Waals surface area contributed by atoms with E-state index in [1.807, 2.05) is 24.3 Å². The maximum Gasteiger partial charge on any atom is 0.255 e. The second-order valence-corrected chi connectivity index (χ2v) is 10.7. The molecule has 10 heteroatoms. The number of nitrogens with one attached hydrogen (secondary N) is 2. The number of hydrogen-bond donors (Lipinski definition) is 2. The van der Waals surface area contributed by atoms with Gasteiger partial charge < -0.3 is 14.6 Å². The predicted octanol–water partition coefficient (Wildman–Crippen LogP) is 3.38. The molecule has 0 radical (unpaired) electrons. The molecule has 1 fully saturated rings. The molecular weight excluding hydrogens is 466 g/mol. The van der Waals surface area contributed by atoms with Gasteiger partial charge in [-0.2, -0.15) is 0 Å². The summed E-state index contributed by atoms with van der Waals surface area (Å²) in [5.41, 5.74) is 1.89. The average Bonchev–Trinajstić information content (AvgIpc) is 3.48. The Morgan fingerprint density at radius 3 is 2.71 bits per heavy atom. The minimum absolute atomic E-state index is 0.0849. The van der Waals surface area contributed by atoms with Gasteiger partial charge in [-0.25, -0.2) is 13.1 Å². The molecule has 1 aromatic heterocycles. The van der Waals surface area contributed by atoms with Gasteiger partial charge in [0.1, 0.15) is 5.82 Å². The molecule has 0 saturated carbocycles. The van der Waals surface area contributed by atoms with Crippen molar-refractivity contribution in [2.75, 3.05) is 18.5 Å². The Morgan fingerprint density at radius 2 is 1.91 bits per heavy atom. The molecule has 2 aromatic carbocycles. The molecule has 1 saturated heterocycles. The maximum atomic E-state index is 12.8. The molecule has 0 unspecified atom stereocenters. The number of sulfonamides is 1. The number of benzene rings is 2. The molecule has 0 spiro atoms. The van der Waals surface area contributed by atoms with Crippen LogP contribution in [0.3, 0.4) is 0 Å². The van der Waals surface area contributed by atoms with Gasteiger partial charge in [-0.15, -0.1) is 10.2 Å². The van der Waals surface area contributed by atoms with Crippen LogP contribution in [0.5, 0.6) is 0 Å². The first-order valence-corrected chi connectivity index (χ1v) is 13.5. The fraction of sp³-hybridized carbons (Fsp3) is 0.400. The topological polar surface area (TPSA) is 115 Å². The van der Waals surface area contributed by atoms with Crippen LogP contribution in [0.15, 0.2) is 53.4 Å². The minimum atomic E-state index is -3.67. The Balaban J connectivity index is 1.26. The van der Waals surface area contributed by atoms with Gasteiger partial charge in [0.05, 0.1) is 11.0 Å². The van der Waals surface area contributed by atoms with Crippen molar-refractivity contribution in [1.82, 2.24) is 19.5 Å². The van der Waals surface area contributed by atoms with Gasteiger partial charge in [0, 0.05) is 42.9 Å². The van der Waals surface area contributed by atoms with Crippen LogP contribution in [0, 0.1) is 0 Å². The van der Waals surface area contributed by atoms with Crippen molar-refractivity contribution < 1.29 is 17.9 Å². The van der Waals surface area contributed by atoms with E-state index in [2.05, 4.69) is 24.8 Å². The third-order valence-corrected chi connectivity index (χ3v) is 7.88. The number of nitrogens with zero attached hydrogens (tertiary/aromatic N) is 3. The number of amides is 1. The molecule has 9 nitrogen and oxygen atoms in total. The van der Waals surface area contributed by atoms with Crippen LogP contribution in [-0.2, 0) is 27.7 Å². The molecular formula is C25H29N5O4S. The third kappa shape index (κ3) is 5.44. The normalized spacial score (nSPS) is 18.1. The second kappa shape index (κ2) is 10.3. The summed E-state index contributed by atoms with van der Waals surface area (Å²) in [5.74, 6) is 1.49. The molecule has 35 heavy (non-hydrogen) atoms. The molecule has 3 heterocycles. The summed E-state index contributed by atoms with van der Waals surface area (Å²) < 4.78 is 35.3. The number of carbonyl (C=O) groups excluding carboxylic acids is 1. The average molecular weight is 496 g/mol. The molecule has 1 amide bonds. The number of fused-ring (bicyclic) bond motifs is 1. The van der Waals surface area contributed by atoms with Crippen LogP contribution in [0.2, 0.25) is 0 Å². The van der Waals surface area contributed by atoms with Gasteiger partial charge in [0.15, 0.2) is 5.82 Å². The number of hydrogen-bond acceptors (Lipinski definition) is 6. The van der Waals surface area contributed by atoms with Crippen LogP contribution in [0.25, 0.3) is 11.4 Å². The van der Waals surface area contributed by atoms with E-state index in [9.17, 15) is 13.2 Å². The van der Waals surface area contributed by atoms with Gasteiger partial charge in [-0.1, -0.05) is 18.6 Å². The van der Waals surface area contributed by atoms with Crippen LogP contribution < -0.4 is 10.0 Å². The summed E-state index contributed by atoms with van der Waals surface area (Å²) in [6.45, 7) is 1.81. The zero-order chi connectivity index (χ0) is 24.3. The van der Waals surface area contributed by atoms with Gasteiger partial charge in [0.25, 0.3) is 5.91 Å². The van der Waals surface area contributed by atoms with E-state index in [0.29, 0.717) is 17.9 Å². The Hall–Kier alpha value is -3.08. The van der Waals surface area contributed by atoms with Crippen LogP contribution in [0.4, 0.5) is 5.69 Å². The highest BCUT2D eigenvalue weighted by atomic mass is 32.2. The van der Waals surface area contributed by atoms with Crippen LogP contribution in [0.1, 0.15) is 48.3 Å².